The van der Waals surface area contributed by atoms with Gasteiger partial charge in [-0.05, 0) is 48.0 Å². The molecule has 0 spiro atoms. The second-order valence-electron chi connectivity index (χ2n) is 4.32. The number of aliphatic carboxylic acids is 1. The van der Waals surface area contributed by atoms with Crippen LogP contribution in [0.5, 0.6) is 0 Å². The summed E-state index contributed by atoms with van der Waals surface area (Å²) >= 11 is 5.77. The first-order chi connectivity index (χ1) is 9.47. The molecule has 0 atom stereocenters. The van der Waals surface area contributed by atoms with Crippen molar-refractivity contribution in [1.82, 2.24) is 0 Å². The normalized spacial score (nSPS) is 10.2. The molecule has 0 fully saturated rings. The lowest BCUT2D eigenvalue weighted by Crippen LogP contribution is -2.07. The monoisotopic (exact) mass is 289 g/mol. The zero-order chi connectivity index (χ0) is 14.7. The molecule has 0 saturated carbocycles. The first kappa shape index (κ1) is 14.1. The quantitative estimate of drug-likeness (QED) is 0.670. The van der Waals surface area contributed by atoms with Crippen LogP contribution in [0.4, 0.5) is 5.69 Å². The van der Waals surface area contributed by atoms with Gasteiger partial charge in [-0.15, -0.1) is 0 Å². The van der Waals surface area contributed by atoms with Crippen LogP contribution < -0.4 is 5.73 Å². The first-order valence-electron chi connectivity index (χ1n) is 5.88. The van der Waals surface area contributed by atoms with Crippen LogP contribution >= 0.6 is 11.6 Å². The Morgan fingerprint density at radius 3 is 2.25 bits per heavy atom. The highest BCUT2D eigenvalue weighted by atomic mass is 35.5. The third-order valence-electron chi connectivity index (χ3n) is 2.85. The third-order valence-corrected chi connectivity index (χ3v) is 3.11. The standard InChI is InChI=1S/C15H12ClNO3/c16-12-4-1-9(2-5-12)15(20)10-3-6-13(17)11(7-10)8-14(18)19/h1-7H,8,17H2,(H,18,19). The summed E-state index contributed by atoms with van der Waals surface area (Å²) in [4.78, 5) is 23.0. The highest BCUT2D eigenvalue weighted by molar-refractivity contribution is 6.30. The van der Waals surface area contributed by atoms with Gasteiger partial charge in [0, 0.05) is 21.8 Å². The van der Waals surface area contributed by atoms with Crippen LogP contribution in [0, 0.1) is 0 Å². The molecule has 0 amide bonds. The number of carboxylic acid groups (broad SMARTS) is 1. The molecule has 0 aliphatic heterocycles. The summed E-state index contributed by atoms with van der Waals surface area (Å²) < 4.78 is 0. The molecule has 0 aliphatic carbocycles. The average molecular weight is 290 g/mol. The topological polar surface area (TPSA) is 80.4 Å². The second kappa shape index (κ2) is 5.75. The van der Waals surface area contributed by atoms with Gasteiger partial charge in [0.2, 0.25) is 0 Å². The number of halogens is 1. The molecule has 102 valence electrons. The van der Waals surface area contributed by atoms with Crippen molar-refractivity contribution in [2.75, 3.05) is 5.73 Å². The summed E-state index contributed by atoms with van der Waals surface area (Å²) in [6.45, 7) is 0. The Morgan fingerprint density at radius 2 is 1.65 bits per heavy atom. The van der Waals surface area contributed by atoms with Crippen molar-refractivity contribution < 1.29 is 14.7 Å². The minimum Gasteiger partial charge on any atom is -0.481 e. The number of ketones is 1. The van der Waals surface area contributed by atoms with Gasteiger partial charge in [0.05, 0.1) is 6.42 Å². The molecule has 3 N–H and O–H groups in total. The summed E-state index contributed by atoms with van der Waals surface area (Å²) in [5.74, 6) is -1.19. The first-order valence-corrected chi connectivity index (χ1v) is 6.25. The molecule has 0 bridgehead atoms. The summed E-state index contributed by atoms with van der Waals surface area (Å²) in [5.41, 5.74) is 7.38. The summed E-state index contributed by atoms with van der Waals surface area (Å²) in [7, 11) is 0. The van der Waals surface area contributed by atoms with E-state index in [4.69, 9.17) is 22.4 Å². The van der Waals surface area contributed by atoms with Crippen LogP contribution in [0.3, 0.4) is 0 Å². The average Bonchev–Trinajstić information content (AvgIpc) is 2.41. The molecule has 0 saturated heterocycles. The molecule has 0 heterocycles. The lowest BCUT2D eigenvalue weighted by atomic mass is 9.99. The second-order valence-corrected chi connectivity index (χ2v) is 4.76. The SMILES string of the molecule is Nc1ccc(C(=O)c2ccc(Cl)cc2)cc1CC(=O)O. The smallest absolute Gasteiger partial charge is 0.307 e. The van der Waals surface area contributed by atoms with Gasteiger partial charge >= 0.3 is 5.97 Å². The number of carboxylic acids is 1. The van der Waals surface area contributed by atoms with E-state index in [0.717, 1.165) is 0 Å². The van der Waals surface area contributed by atoms with Gasteiger partial charge in [-0.25, -0.2) is 0 Å². The van der Waals surface area contributed by atoms with E-state index >= 15 is 0 Å². The van der Waals surface area contributed by atoms with Gasteiger partial charge in [0.15, 0.2) is 5.78 Å². The molecule has 0 unspecified atom stereocenters. The fourth-order valence-corrected chi connectivity index (χ4v) is 1.96. The summed E-state index contributed by atoms with van der Waals surface area (Å²) in [5, 5.41) is 9.36. The Morgan fingerprint density at radius 1 is 1.05 bits per heavy atom. The highest BCUT2D eigenvalue weighted by Gasteiger charge is 2.12. The van der Waals surface area contributed by atoms with Gasteiger partial charge in [-0.3, -0.25) is 9.59 Å². The molecule has 4 nitrogen and oxygen atoms in total. The maximum atomic E-state index is 12.3. The van der Waals surface area contributed by atoms with Crippen LogP contribution in [0.1, 0.15) is 21.5 Å². The number of hydrogen-bond donors (Lipinski definition) is 2. The Kier molecular flexibility index (Phi) is 4.05. The molecule has 20 heavy (non-hydrogen) atoms. The number of nitrogen functional groups attached to an aromatic ring is 1. The Hall–Kier alpha value is -2.33. The van der Waals surface area contributed by atoms with Crippen LogP contribution in [-0.4, -0.2) is 16.9 Å². The van der Waals surface area contributed by atoms with Gasteiger partial charge in [0.1, 0.15) is 0 Å². The maximum Gasteiger partial charge on any atom is 0.307 e. The van der Waals surface area contributed by atoms with Crippen molar-refractivity contribution in [3.8, 4) is 0 Å². The van der Waals surface area contributed by atoms with Crippen LogP contribution in [-0.2, 0) is 11.2 Å². The van der Waals surface area contributed by atoms with Crippen molar-refractivity contribution >= 4 is 29.0 Å². The van der Waals surface area contributed by atoms with E-state index in [0.29, 0.717) is 27.4 Å². The minimum absolute atomic E-state index is 0.201. The summed E-state index contributed by atoms with van der Waals surface area (Å²) in [6, 6.07) is 11.1. The Labute approximate surface area is 120 Å². The highest BCUT2D eigenvalue weighted by Crippen LogP contribution is 2.19. The Bertz CT molecular complexity index is 665. The van der Waals surface area contributed by atoms with Crippen molar-refractivity contribution in [3.05, 3.63) is 64.2 Å². The molecule has 0 aromatic heterocycles. The fraction of sp³-hybridized carbons (Fsp3) is 0.0667. The van der Waals surface area contributed by atoms with E-state index < -0.39 is 5.97 Å². The number of hydrogen-bond acceptors (Lipinski definition) is 3. The van der Waals surface area contributed by atoms with E-state index in [2.05, 4.69) is 0 Å². The zero-order valence-electron chi connectivity index (χ0n) is 10.5. The van der Waals surface area contributed by atoms with Crippen molar-refractivity contribution in [1.29, 1.82) is 0 Å². The Balaban J connectivity index is 2.35. The number of nitrogens with two attached hydrogens (primary N) is 1. The van der Waals surface area contributed by atoms with Gasteiger partial charge in [-0.1, -0.05) is 11.6 Å². The van der Waals surface area contributed by atoms with Gasteiger partial charge in [-0.2, -0.15) is 0 Å². The minimum atomic E-state index is -0.993. The van der Waals surface area contributed by atoms with Crippen molar-refractivity contribution in [2.24, 2.45) is 0 Å². The molecule has 2 aromatic rings. The molecule has 2 rings (SSSR count). The predicted octanol–water partition coefficient (Wildman–Crippen LogP) is 2.78. The fourth-order valence-electron chi connectivity index (χ4n) is 1.83. The van der Waals surface area contributed by atoms with E-state index in [1.165, 1.54) is 6.07 Å². The van der Waals surface area contributed by atoms with Crippen LogP contribution in [0.2, 0.25) is 5.02 Å². The van der Waals surface area contributed by atoms with Gasteiger partial charge in [0.25, 0.3) is 0 Å². The third kappa shape index (κ3) is 3.16. The largest absolute Gasteiger partial charge is 0.481 e. The number of carbonyl (C=O) groups excluding carboxylic acids is 1. The van der Waals surface area contributed by atoms with Crippen molar-refractivity contribution in [2.45, 2.75) is 6.42 Å². The number of carbonyl (C=O) groups is 2. The van der Waals surface area contributed by atoms with E-state index in [1.54, 1.807) is 36.4 Å². The van der Waals surface area contributed by atoms with Crippen LogP contribution in [0.25, 0.3) is 0 Å². The summed E-state index contributed by atoms with van der Waals surface area (Å²) in [6.07, 6.45) is -0.215. The molecule has 5 heteroatoms. The lowest BCUT2D eigenvalue weighted by Gasteiger charge is -2.07. The molecule has 0 aliphatic rings. The number of rotatable bonds is 4. The molecular weight excluding hydrogens is 278 g/mol. The number of anilines is 1. The maximum absolute atomic E-state index is 12.3. The number of benzene rings is 2. The molecule has 0 radical (unpaired) electrons. The molecule has 2 aromatic carbocycles. The van der Waals surface area contributed by atoms with E-state index in [-0.39, 0.29) is 12.2 Å². The van der Waals surface area contributed by atoms with Crippen LogP contribution in [0.15, 0.2) is 42.5 Å². The van der Waals surface area contributed by atoms with E-state index in [1.807, 2.05) is 0 Å². The van der Waals surface area contributed by atoms with E-state index in [9.17, 15) is 9.59 Å². The molecular formula is C15H12ClNO3. The van der Waals surface area contributed by atoms with Gasteiger partial charge < -0.3 is 10.8 Å². The van der Waals surface area contributed by atoms with Crippen molar-refractivity contribution in [3.63, 3.8) is 0 Å². The lowest BCUT2D eigenvalue weighted by molar-refractivity contribution is -0.136. The predicted molar refractivity (Wildman–Crippen MR) is 77.1 cm³/mol. The zero-order valence-corrected chi connectivity index (χ0v) is 11.2.